The van der Waals surface area contributed by atoms with E-state index < -0.39 is 0 Å². The van der Waals surface area contributed by atoms with Crippen LogP contribution < -0.4 is 5.32 Å². The highest BCUT2D eigenvalue weighted by Gasteiger charge is 2.18. The molecule has 3 rings (SSSR count). The third-order valence-corrected chi connectivity index (χ3v) is 5.34. The molecule has 0 aliphatic carbocycles. The van der Waals surface area contributed by atoms with Gasteiger partial charge in [-0.25, -0.2) is 4.98 Å². The van der Waals surface area contributed by atoms with Gasteiger partial charge in [0.25, 0.3) is 5.91 Å². The summed E-state index contributed by atoms with van der Waals surface area (Å²) >= 11 is 1.54. The molecule has 2 heterocycles. The molecular weight excluding hydrogens is 322 g/mol. The van der Waals surface area contributed by atoms with Crippen molar-refractivity contribution in [3.63, 3.8) is 0 Å². The molecule has 2 aromatic heterocycles. The number of nitrogens with zero attached hydrogens (tertiary/aromatic N) is 2. The normalized spacial score (nSPS) is 13.8. The van der Waals surface area contributed by atoms with Crippen LogP contribution in [0.4, 0.5) is 0 Å². The Morgan fingerprint density at radius 1 is 1.38 bits per heavy atom. The summed E-state index contributed by atoms with van der Waals surface area (Å²) in [5, 5.41) is 13.3. The number of hydrogen-bond acceptors (Lipinski definition) is 4. The van der Waals surface area contributed by atoms with Crippen molar-refractivity contribution < 1.29 is 9.90 Å². The van der Waals surface area contributed by atoms with Crippen molar-refractivity contribution in [2.24, 2.45) is 5.92 Å². The number of carbonyl (C=O) groups excluding carboxylic acids is 1. The van der Waals surface area contributed by atoms with Gasteiger partial charge in [-0.1, -0.05) is 31.6 Å². The first-order chi connectivity index (χ1) is 11.6. The van der Waals surface area contributed by atoms with Crippen molar-refractivity contribution >= 4 is 27.5 Å². The summed E-state index contributed by atoms with van der Waals surface area (Å²) in [6.45, 7) is 4.02. The molecule has 126 valence electrons. The zero-order chi connectivity index (χ0) is 17.1. The van der Waals surface area contributed by atoms with Crippen LogP contribution in [-0.2, 0) is 0 Å². The highest BCUT2D eigenvalue weighted by atomic mass is 32.1. The number of fused-ring (bicyclic) bond motifs is 1. The monoisotopic (exact) mass is 343 g/mol. The molecular formula is C18H21N3O2S. The maximum atomic E-state index is 12.5. The number of amides is 1. The predicted molar refractivity (Wildman–Crippen MR) is 96.7 cm³/mol. The largest absolute Gasteiger partial charge is 0.394 e. The summed E-state index contributed by atoms with van der Waals surface area (Å²) in [6, 6.07) is 9.19. The Bertz CT molecular complexity index is 826. The SMILES string of the molecule is CC[C@H](C)[C@@H](CO)NC(=O)c1ccc2nc(-n3cccc3)sc2c1. The van der Waals surface area contributed by atoms with E-state index in [9.17, 15) is 9.90 Å². The average molecular weight is 343 g/mol. The van der Waals surface area contributed by atoms with Gasteiger partial charge in [0.05, 0.1) is 22.9 Å². The van der Waals surface area contributed by atoms with Crippen LogP contribution in [0, 0.1) is 5.92 Å². The standard InChI is InChI=1S/C18H21N3O2S/c1-3-12(2)15(11-22)19-17(23)13-6-7-14-16(10-13)24-18(20-14)21-8-4-5-9-21/h4-10,12,15,22H,3,11H2,1-2H3,(H,19,23)/t12-,15+/m0/s1. The van der Waals surface area contributed by atoms with Gasteiger partial charge in [0.15, 0.2) is 5.13 Å². The Morgan fingerprint density at radius 2 is 2.12 bits per heavy atom. The van der Waals surface area contributed by atoms with Gasteiger partial charge in [-0.15, -0.1) is 0 Å². The van der Waals surface area contributed by atoms with Crippen LogP contribution in [0.3, 0.4) is 0 Å². The number of aliphatic hydroxyl groups is 1. The van der Waals surface area contributed by atoms with Gasteiger partial charge in [-0.2, -0.15) is 0 Å². The zero-order valence-corrected chi connectivity index (χ0v) is 14.6. The van der Waals surface area contributed by atoms with Crippen LogP contribution in [0.5, 0.6) is 0 Å². The van der Waals surface area contributed by atoms with Crippen LogP contribution in [0.2, 0.25) is 0 Å². The molecule has 0 radical (unpaired) electrons. The molecule has 3 aromatic rings. The second kappa shape index (κ2) is 7.15. The summed E-state index contributed by atoms with van der Waals surface area (Å²) in [4.78, 5) is 17.1. The molecule has 1 aromatic carbocycles. The number of rotatable bonds is 6. The quantitative estimate of drug-likeness (QED) is 0.722. The second-order valence-corrected chi connectivity index (χ2v) is 6.93. The summed E-state index contributed by atoms with van der Waals surface area (Å²) in [7, 11) is 0. The summed E-state index contributed by atoms with van der Waals surface area (Å²) in [5.74, 6) is 0.0681. The van der Waals surface area contributed by atoms with Gasteiger partial charge in [-0.3, -0.25) is 4.79 Å². The van der Waals surface area contributed by atoms with E-state index in [1.54, 1.807) is 17.4 Å². The molecule has 0 spiro atoms. The third kappa shape index (κ3) is 3.34. The van der Waals surface area contributed by atoms with Crippen molar-refractivity contribution in [2.75, 3.05) is 6.61 Å². The van der Waals surface area contributed by atoms with E-state index in [2.05, 4.69) is 10.3 Å². The number of benzene rings is 1. The number of aliphatic hydroxyl groups excluding tert-OH is 1. The molecule has 0 saturated carbocycles. The van der Waals surface area contributed by atoms with Crippen LogP contribution in [0.15, 0.2) is 42.7 Å². The summed E-state index contributed by atoms with van der Waals surface area (Å²) < 4.78 is 2.92. The van der Waals surface area contributed by atoms with Gasteiger partial charge >= 0.3 is 0 Å². The topological polar surface area (TPSA) is 67.2 Å². The predicted octanol–water partition coefficient (Wildman–Crippen LogP) is 3.22. The molecule has 0 aliphatic rings. The molecule has 6 heteroatoms. The average Bonchev–Trinajstić information content (AvgIpc) is 3.26. The van der Waals surface area contributed by atoms with Crippen molar-refractivity contribution in [2.45, 2.75) is 26.3 Å². The number of nitrogens with one attached hydrogen (secondary N) is 1. The van der Waals surface area contributed by atoms with Crippen molar-refractivity contribution in [3.8, 4) is 5.13 Å². The Balaban J connectivity index is 1.83. The van der Waals surface area contributed by atoms with Crippen LogP contribution in [-0.4, -0.2) is 33.2 Å². The fraction of sp³-hybridized carbons (Fsp3) is 0.333. The fourth-order valence-corrected chi connectivity index (χ4v) is 3.50. The lowest BCUT2D eigenvalue weighted by molar-refractivity contribution is 0.0891. The molecule has 24 heavy (non-hydrogen) atoms. The van der Waals surface area contributed by atoms with Gasteiger partial charge in [-0.05, 0) is 36.2 Å². The minimum atomic E-state index is -0.227. The Morgan fingerprint density at radius 3 is 2.79 bits per heavy atom. The molecule has 0 aliphatic heterocycles. The van der Waals surface area contributed by atoms with E-state index in [1.165, 1.54) is 0 Å². The number of carbonyl (C=O) groups is 1. The van der Waals surface area contributed by atoms with Crippen LogP contribution in [0.25, 0.3) is 15.3 Å². The van der Waals surface area contributed by atoms with Crippen LogP contribution in [0.1, 0.15) is 30.6 Å². The van der Waals surface area contributed by atoms with E-state index in [0.717, 1.165) is 21.8 Å². The molecule has 0 fully saturated rings. The van der Waals surface area contributed by atoms with E-state index in [0.29, 0.717) is 5.56 Å². The first kappa shape index (κ1) is 16.7. The van der Waals surface area contributed by atoms with Gasteiger partial charge in [0.1, 0.15) is 0 Å². The minimum absolute atomic E-state index is 0.0542. The Kier molecular flexibility index (Phi) is 4.97. The zero-order valence-electron chi connectivity index (χ0n) is 13.8. The third-order valence-electron chi connectivity index (χ3n) is 4.31. The Hall–Kier alpha value is -2.18. The molecule has 2 N–H and O–H groups in total. The van der Waals surface area contributed by atoms with Crippen molar-refractivity contribution in [3.05, 3.63) is 48.3 Å². The summed E-state index contributed by atoms with van der Waals surface area (Å²) in [6.07, 6.45) is 4.80. The molecule has 5 nitrogen and oxygen atoms in total. The second-order valence-electron chi connectivity index (χ2n) is 5.92. The Labute approximate surface area is 145 Å². The number of hydrogen-bond donors (Lipinski definition) is 2. The highest BCUT2D eigenvalue weighted by molar-refractivity contribution is 7.20. The minimum Gasteiger partial charge on any atom is -0.394 e. The highest BCUT2D eigenvalue weighted by Crippen LogP contribution is 2.26. The van der Waals surface area contributed by atoms with Crippen LogP contribution >= 0.6 is 11.3 Å². The fourth-order valence-electron chi connectivity index (χ4n) is 2.53. The van der Waals surface area contributed by atoms with E-state index in [1.807, 2.05) is 55.1 Å². The maximum Gasteiger partial charge on any atom is 0.251 e. The maximum absolute atomic E-state index is 12.5. The van der Waals surface area contributed by atoms with E-state index in [-0.39, 0.29) is 24.5 Å². The smallest absolute Gasteiger partial charge is 0.251 e. The van der Waals surface area contributed by atoms with E-state index in [4.69, 9.17) is 0 Å². The lowest BCUT2D eigenvalue weighted by Crippen LogP contribution is -2.41. The number of thiazole rings is 1. The lowest BCUT2D eigenvalue weighted by Gasteiger charge is -2.22. The summed E-state index contributed by atoms with van der Waals surface area (Å²) in [5.41, 5.74) is 1.47. The van der Waals surface area contributed by atoms with Gasteiger partial charge in [0.2, 0.25) is 0 Å². The van der Waals surface area contributed by atoms with Crippen molar-refractivity contribution in [1.82, 2.24) is 14.9 Å². The van der Waals surface area contributed by atoms with Gasteiger partial charge in [0, 0.05) is 18.0 Å². The molecule has 0 saturated heterocycles. The molecule has 1 amide bonds. The van der Waals surface area contributed by atoms with Crippen molar-refractivity contribution in [1.29, 1.82) is 0 Å². The van der Waals surface area contributed by atoms with E-state index >= 15 is 0 Å². The molecule has 0 bridgehead atoms. The lowest BCUT2D eigenvalue weighted by atomic mass is 9.99. The number of aromatic nitrogens is 2. The first-order valence-electron chi connectivity index (χ1n) is 8.08. The molecule has 2 atom stereocenters. The van der Waals surface area contributed by atoms with Gasteiger partial charge < -0.3 is 15.0 Å². The molecule has 0 unspecified atom stereocenters. The first-order valence-corrected chi connectivity index (χ1v) is 8.89.